The highest BCUT2D eigenvalue weighted by Crippen LogP contribution is 2.23. The highest BCUT2D eigenvalue weighted by molar-refractivity contribution is 5.97. The summed E-state index contributed by atoms with van der Waals surface area (Å²) >= 11 is 0. The van der Waals surface area contributed by atoms with Gasteiger partial charge in [-0.2, -0.15) is 0 Å². The predicted molar refractivity (Wildman–Crippen MR) is 70.5 cm³/mol. The lowest BCUT2D eigenvalue weighted by Crippen LogP contribution is -2.40. The molecule has 18 heavy (non-hydrogen) atoms. The average molecular weight is 249 g/mol. The van der Waals surface area contributed by atoms with E-state index in [1.54, 1.807) is 0 Å². The zero-order valence-electron chi connectivity index (χ0n) is 11.0. The van der Waals surface area contributed by atoms with Crippen molar-refractivity contribution in [3.63, 3.8) is 0 Å². The van der Waals surface area contributed by atoms with Crippen molar-refractivity contribution in [1.82, 2.24) is 0 Å². The van der Waals surface area contributed by atoms with Gasteiger partial charge in [-0.25, -0.2) is 0 Å². The molecule has 0 heterocycles. The Morgan fingerprint density at radius 1 is 1.17 bits per heavy atom. The van der Waals surface area contributed by atoms with Gasteiger partial charge in [0.15, 0.2) is 0 Å². The maximum Gasteiger partial charge on any atom is 0.305 e. The fraction of sp³-hybridized carbons (Fsp3) is 0.429. The highest BCUT2D eigenvalue weighted by Gasteiger charge is 2.28. The lowest BCUT2D eigenvalue weighted by atomic mass is 9.94. The van der Waals surface area contributed by atoms with Crippen molar-refractivity contribution in [2.45, 2.75) is 27.2 Å². The van der Waals surface area contributed by atoms with Crippen LogP contribution in [0.25, 0.3) is 0 Å². The molecule has 0 aliphatic heterocycles. The molecule has 1 aromatic rings. The number of carbonyl (C=O) groups excluding carboxylic acids is 1. The number of carbonyl (C=O) groups is 2. The van der Waals surface area contributed by atoms with Crippen LogP contribution >= 0.6 is 0 Å². The Hall–Kier alpha value is -1.84. The molecule has 1 aromatic carbocycles. The Labute approximate surface area is 107 Å². The van der Waals surface area contributed by atoms with Crippen molar-refractivity contribution < 1.29 is 14.7 Å². The molecule has 0 fully saturated rings. The Morgan fingerprint density at radius 2 is 1.72 bits per heavy atom. The molecule has 4 heteroatoms. The van der Waals surface area contributed by atoms with Crippen molar-refractivity contribution in [2.75, 3.05) is 11.4 Å². The van der Waals surface area contributed by atoms with Gasteiger partial charge >= 0.3 is 5.97 Å². The monoisotopic (exact) mass is 249 g/mol. The molecule has 0 unspecified atom stereocenters. The van der Waals surface area contributed by atoms with Crippen LogP contribution in [0.3, 0.4) is 0 Å². The van der Waals surface area contributed by atoms with Gasteiger partial charge in [0.25, 0.3) is 0 Å². The van der Waals surface area contributed by atoms with Gasteiger partial charge in [0.2, 0.25) is 5.91 Å². The van der Waals surface area contributed by atoms with Crippen molar-refractivity contribution in [2.24, 2.45) is 5.41 Å². The number of hydrogen-bond donors (Lipinski definition) is 1. The highest BCUT2D eigenvalue weighted by atomic mass is 16.4. The number of anilines is 1. The molecule has 1 amide bonds. The summed E-state index contributed by atoms with van der Waals surface area (Å²) in [4.78, 5) is 24.5. The smallest absolute Gasteiger partial charge is 0.305 e. The van der Waals surface area contributed by atoms with Gasteiger partial charge in [-0.05, 0) is 12.1 Å². The zero-order valence-corrected chi connectivity index (χ0v) is 11.0. The second kappa shape index (κ2) is 5.67. The third kappa shape index (κ3) is 3.87. The first-order chi connectivity index (χ1) is 8.32. The number of rotatable bonds is 4. The van der Waals surface area contributed by atoms with Gasteiger partial charge in [-0.1, -0.05) is 39.0 Å². The summed E-state index contributed by atoms with van der Waals surface area (Å²) in [6, 6.07) is 9.15. The average Bonchev–Trinajstić information content (AvgIpc) is 2.29. The van der Waals surface area contributed by atoms with E-state index in [1.165, 1.54) is 4.90 Å². The molecule has 0 aliphatic rings. The van der Waals surface area contributed by atoms with E-state index in [-0.39, 0.29) is 18.9 Å². The van der Waals surface area contributed by atoms with Crippen molar-refractivity contribution in [1.29, 1.82) is 0 Å². The number of hydrogen-bond acceptors (Lipinski definition) is 2. The third-order valence-electron chi connectivity index (χ3n) is 2.50. The fourth-order valence-electron chi connectivity index (χ4n) is 1.57. The fourth-order valence-corrected chi connectivity index (χ4v) is 1.57. The summed E-state index contributed by atoms with van der Waals surface area (Å²) in [6.45, 7) is 5.67. The number of benzene rings is 1. The van der Waals surface area contributed by atoms with Gasteiger partial charge in [-0.3, -0.25) is 9.59 Å². The molecular formula is C14H19NO3. The third-order valence-corrected chi connectivity index (χ3v) is 2.50. The van der Waals surface area contributed by atoms with Gasteiger partial charge in [0.05, 0.1) is 6.42 Å². The van der Waals surface area contributed by atoms with Crippen molar-refractivity contribution in [3.8, 4) is 0 Å². The molecule has 1 rings (SSSR count). The van der Waals surface area contributed by atoms with E-state index < -0.39 is 11.4 Å². The van der Waals surface area contributed by atoms with Crippen LogP contribution in [0.5, 0.6) is 0 Å². The number of carboxylic acid groups (broad SMARTS) is 1. The molecule has 0 saturated carbocycles. The van der Waals surface area contributed by atoms with Crippen LogP contribution in [0.4, 0.5) is 5.69 Å². The molecule has 4 nitrogen and oxygen atoms in total. The quantitative estimate of drug-likeness (QED) is 0.892. The summed E-state index contributed by atoms with van der Waals surface area (Å²) < 4.78 is 0. The Balaban J connectivity index is 2.96. The van der Waals surface area contributed by atoms with E-state index >= 15 is 0 Å². The lowest BCUT2D eigenvalue weighted by molar-refractivity contribution is -0.136. The molecule has 0 bridgehead atoms. The van der Waals surface area contributed by atoms with E-state index in [9.17, 15) is 9.59 Å². The SMILES string of the molecule is CC(C)(C)C(=O)N(CCC(=O)O)c1ccccc1. The summed E-state index contributed by atoms with van der Waals surface area (Å²) in [6.07, 6.45) is -0.0588. The van der Waals surface area contributed by atoms with Crippen molar-refractivity contribution in [3.05, 3.63) is 30.3 Å². The number of carboxylic acids is 1. The molecule has 0 radical (unpaired) electrons. The standard InChI is InChI=1S/C14H19NO3/c1-14(2,3)13(18)15(10-9-12(16)17)11-7-5-4-6-8-11/h4-8H,9-10H2,1-3H3,(H,16,17). The van der Waals surface area contributed by atoms with E-state index in [1.807, 2.05) is 51.1 Å². The maximum atomic E-state index is 12.3. The largest absolute Gasteiger partial charge is 0.481 e. The van der Waals surface area contributed by atoms with Gasteiger partial charge in [-0.15, -0.1) is 0 Å². The molecule has 0 aromatic heterocycles. The first kappa shape index (κ1) is 14.2. The topological polar surface area (TPSA) is 57.6 Å². The number of amides is 1. The minimum Gasteiger partial charge on any atom is -0.481 e. The summed E-state index contributed by atoms with van der Waals surface area (Å²) in [5, 5.41) is 8.76. The van der Waals surface area contributed by atoms with Crippen LogP contribution in [0.15, 0.2) is 30.3 Å². The minimum absolute atomic E-state index is 0.0588. The Morgan fingerprint density at radius 3 is 2.17 bits per heavy atom. The Kier molecular flexibility index (Phi) is 4.48. The van der Waals surface area contributed by atoms with Crippen LogP contribution in [0.1, 0.15) is 27.2 Å². The molecule has 0 spiro atoms. The lowest BCUT2D eigenvalue weighted by Gasteiger charge is -2.29. The summed E-state index contributed by atoms with van der Waals surface area (Å²) in [5.74, 6) is -0.979. The van der Waals surface area contributed by atoms with E-state index in [2.05, 4.69) is 0 Å². The number of nitrogens with zero attached hydrogens (tertiary/aromatic N) is 1. The molecule has 98 valence electrons. The predicted octanol–water partition coefficient (Wildman–Crippen LogP) is 2.54. The summed E-state index contributed by atoms with van der Waals surface area (Å²) in [5.41, 5.74) is 0.201. The number of aliphatic carboxylic acids is 1. The van der Waals surface area contributed by atoms with Gasteiger partial charge in [0.1, 0.15) is 0 Å². The van der Waals surface area contributed by atoms with Crippen molar-refractivity contribution >= 4 is 17.6 Å². The van der Waals surface area contributed by atoms with E-state index in [0.29, 0.717) is 0 Å². The second-order valence-corrected chi connectivity index (χ2v) is 5.19. The second-order valence-electron chi connectivity index (χ2n) is 5.19. The molecule has 0 aliphatic carbocycles. The van der Waals surface area contributed by atoms with Crippen LogP contribution in [-0.4, -0.2) is 23.5 Å². The Bertz CT molecular complexity index is 420. The minimum atomic E-state index is -0.905. The van der Waals surface area contributed by atoms with Gasteiger partial charge in [0, 0.05) is 17.6 Å². The van der Waals surface area contributed by atoms with Crippen LogP contribution in [0, 0.1) is 5.41 Å². The van der Waals surface area contributed by atoms with Crippen LogP contribution in [0.2, 0.25) is 0 Å². The zero-order chi connectivity index (χ0) is 13.8. The molecule has 1 N–H and O–H groups in total. The van der Waals surface area contributed by atoms with E-state index in [0.717, 1.165) is 5.69 Å². The molecule has 0 saturated heterocycles. The van der Waals surface area contributed by atoms with Crippen LogP contribution in [-0.2, 0) is 9.59 Å². The number of para-hydroxylation sites is 1. The maximum absolute atomic E-state index is 12.3. The summed E-state index contributed by atoms with van der Waals surface area (Å²) in [7, 11) is 0. The first-order valence-corrected chi connectivity index (χ1v) is 5.91. The van der Waals surface area contributed by atoms with Gasteiger partial charge < -0.3 is 10.0 Å². The molecule has 0 atom stereocenters. The van der Waals surface area contributed by atoms with E-state index in [4.69, 9.17) is 5.11 Å². The van der Waals surface area contributed by atoms with Crippen LogP contribution < -0.4 is 4.90 Å². The molecular weight excluding hydrogens is 230 g/mol. The normalized spacial score (nSPS) is 11.1. The first-order valence-electron chi connectivity index (χ1n) is 5.91.